The van der Waals surface area contributed by atoms with Crippen molar-refractivity contribution in [3.8, 4) is 0 Å². The lowest BCUT2D eigenvalue weighted by atomic mass is 9.95. The molecule has 0 aromatic carbocycles. The molecule has 0 aromatic rings. The average Bonchev–Trinajstić information content (AvgIpc) is 2.46. The van der Waals surface area contributed by atoms with Crippen molar-refractivity contribution in [2.24, 2.45) is 0 Å². The van der Waals surface area contributed by atoms with E-state index in [1.165, 1.54) is 19.3 Å². The molecule has 5 nitrogen and oxygen atoms in total. The van der Waals surface area contributed by atoms with E-state index in [1.807, 2.05) is 4.90 Å². The molecule has 2 rings (SSSR count). The molecule has 1 heterocycles. The van der Waals surface area contributed by atoms with E-state index in [1.54, 1.807) is 11.8 Å². The van der Waals surface area contributed by atoms with E-state index in [4.69, 9.17) is 0 Å². The molecule has 1 aliphatic carbocycles. The second kappa shape index (κ2) is 7.88. The molecule has 0 aromatic heterocycles. The van der Waals surface area contributed by atoms with Crippen molar-refractivity contribution in [2.45, 2.75) is 50.6 Å². The van der Waals surface area contributed by atoms with Crippen LogP contribution in [0.5, 0.6) is 0 Å². The number of hydrogen-bond acceptors (Lipinski definition) is 4. The third-order valence-electron chi connectivity index (χ3n) is 4.12. The topological polar surface area (TPSA) is 69.6 Å². The highest BCUT2D eigenvalue weighted by Gasteiger charge is 2.29. The molecule has 0 bridgehead atoms. The van der Waals surface area contributed by atoms with Crippen LogP contribution >= 0.6 is 11.8 Å². The van der Waals surface area contributed by atoms with Gasteiger partial charge in [0.05, 0.1) is 0 Å². The fraction of sp³-hybridized carbons (Fsp3) is 0.857. The zero-order chi connectivity index (χ0) is 14.4. The van der Waals surface area contributed by atoms with Crippen molar-refractivity contribution in [3.63, 3.8) is 0 Å². The molecule has 0 radical (unpaired) electrons. The minimum atomic E-state index is -0.773. The predicted molar refractivity (Wildman–Crippen MR) is 80.0 cm³/mol. The molecular weight excluding hydrogens is 276 g/mol. The van der Waals surface area contributed by atoms with Gasteiger partial charge in [0.2, 0.25) is 5.91 Å². The number of carboxylic acids is 1. The van der Waals surface area contributed by atoms with E-state index in [2.05, 4.69) is 5.32 Å². The zero-order valence-corrected chi connectivity index (χ0v) is 12.7. The van der Waals surface area contributed by atoms with Gasteiger partial charge in [0.25, 0.3) is 0 Å². The first-order valence-electron chi connectivity index (χ1n) is 7.51. The molecule has 1 unspecified atom stereocenters. The van der Waals surface area contributed by atoms with Gasteiger partial charge in [0, 0.05) is 37.1 Å². The van der Waals surface area contributed by atoms with Gasteiger partial charge < -0.3 is 10.4 Å². The van der Waals surface area contributed by atoms with Gasteiger partial charge in [-0.1, -0.05) is 19.3 Å². The van der Waals surface area contributed by atoms with Crippen LogP contribution in [-0.4, -0.2) is 58.6 Å². The van der Waals surface area contributed by atoms with Gasteiger partial charge in [-0.05, 0) is 12.8 Å². The van der Waals surface area contributed by atoms with Crippen LogP contribution in [0.4, 0.5) is 0 Å². The van der Waals surface area contributed by atoms with Crippen LogP contribution < -0.4 is 5.32 Å². The standard InChI is InChI=1S/C14H24N2O3S/c17-13(15-11-4-2-1-3-5-11)6-7-16-8-9-20-10-12(16)14(18)19/h11-12H,1-10H2,(H,15,17)(H,18,19). The second-order valence-corrected chi connectivity index (χ2v) is 6.77. The fourth-order valence-electron chi connectivity index (χ4n) is 2.93. The van der Waals surface area contributed by atoms with E-state index in [0.29, 0.717) is 24.8 Å². The lowest BCUT2D eigenvalue weighted by Gasteiger charge is -2.32. The third kappa shape index (κ3) is 4.66. The third-order valence-corrected chi connectivity index (χ3v) is 5.14. The van der Waals surface area contributed by atoms with Gasteiger partial charge in [-0.25, -0.2) is 0 Å². The minimum absolute atomic E-state index is 0.0688. The number of nitrogens with zero attached hydrogens (tertiary/aromatic N) is 1. The Bertz CT molecular complexity index is 345. The van der Waals surface area contributed by atoms with Crippen LogP contribution in [0.3, 0.4) is 0 Å². The number of rotatable bonds is 5. The number of hydrogen-bond donors (Lipinski definition) is 2. The largest absolute Gasteiger partial charge is 0.480 e. The summed E-state index contributed by atoms with van der Waals surface area (Å²) in [6.45, 7) is 1.31. The summed E-state index contributed by atoms with van der Waals surface area (Å²) in [6.07, 6.45) is 6.27. The molecule has 1 aliphatic heterocycles. The average molecular weight is 300 g/mol. The Balaban J connectivity index is 1.72. The van der Waals surface area contributed by atoms with Gasteiger partial charge in [-0.2, -0.15) is 11.8 Å². The monoisotopic (exact) mass is 300 g/mol. The summed E-state index contributed by atoms with van der Waals surface area (Å²) in [7, 11) is 0. The first-order chi connectivity index (χ1) is 9.66. The normalized spacial score (nSPS) is 25.3. The Morgan fingerprint density at radius 2 is 2.00 bits per heavy atom. The highest BCUT2D eigenvalue weighted by atomic mass is 32.2. The molecule has 0 spiro atoms. The highest BCUT2D eigenvalue weighted by Crippen LogP contribution is 2.18. The zero-order valence-electron chi connectivity index (χ0n) is 11.8. The van der Waals surface area contributed by atoms with E-state index >= 15 is 0 Å². The Hall–Kier alpha value is -0.750. The fourth-order valence-corrected chi connectivity index (χ4v) is 4.03. The van der Waals surface area contributed by atoms with Crippen molar-refractivity contribution in [1.82, 2.24) is 10.2 Å². The number of carbonyl (C=O) groups is 2. The van der Waals surface area contributed by atoms with E-state index < -0.39 is 12.0 Å². The summed E-state index contributed by atoms with van der Waals surface area (Å²) in [5, 5.41) is 12.3. The van der Waals surface area contributed by atoms with Gasteiger partial charge >= 0.3 is 5.97 Å². The van der Waals surface area contributed by atoms with Crippen LogP contribution in [-0.2, 0) is 9.59 Å². The molecular formula is C14H24N2O3S. The Morgan fingerprint density at radius 3 is 2.70 bits per heavy atom. The Kier molecular flexibility index (Phi) is 6.16. The SMILES string of the molecule is O=C(CCN1CCSCC1C(=O)O)NC1CCCCC1. The minimum Gasteiger partial charge on any atom is -0.480 e. The summed E-state index contributed by atoms with van der Waals surface area (Å²) in [4.78, 5) is 25.0. The highest BCUT2D eigenvalue weighted by molar-refractivity contribution is 7.99. The van der Waals surface area contributed by atoms with Crippen molar-refractivity contribution >= 4 is 23.6 Å². The predicted octanol–water partition coefficient (Wildman–Crippen LogP) is 1.33. The Morgan fingerprint density at radius 1 is 1.25 bits per heavy atom. The number of thioether (sulfide) groups is 1. The molecule has 2 fully saturated rings. The molecule has 6 heteroatoms. The van der Waals surface area contributed by atoms with Crippen LogP contribution in [0.25, 0.3) is 0 Å². The van der Waals surface area contributed by atoms with Gasteiger partial charge in [0.15, 0.2) is 0 Å². The van der Waals surface area contributed by atoms with Crippen LogP contribution in [0.15, 0.2) is 0 Å². The van der Waals surface area contributed by atoms with Crippen LogP contribution in [0, 0.1) is 0 Å². The lowest BCUT2D eigenvalue weighted by molar-refractivity contribution is -0.142. The number of nitrogens with one attached hydrogen (secondary N) is 1. The van der Waals surface area contributed by atoms with Crippen molar-refractivity contribution in [3.05, 3.63) is 0 Å². The maximum atomic E-state index is 11.9. The number of amides is 1. The molecule has 1 atom stereocenters. The summed E-state index contributed by atoms with van der Waals surface area (Å²) in [5.74, 6) is 0.872. The maximum Gasteiger partial charge on any atom is 0.321 e. The van der Waals surface area contributed by atoms with Crippen molar-refractivity contribution in [1.29, 1.82) is 0 Å². The quantitative estimate of drug-likeness (QED) is 0.801. The summed E-state index contributed by atoms with van der Waals surface area (Å²) in [6, 6.07) is -0.0975. The number of carboxylic acid groups (broad SMARTS) is 1. The lowest BCUT2D eigenvalue weighted by Crippen LogP contribution is -2.48. The van der Waals surface area contributed by atoms with Crippen molar-refractivity contribution < 1.29 is 14.7 Å². The molecule has 114 valence electrons. The molecule has 1 saturated carbocycles. The number of aliphatic carboxylic acids is 1. The first-order valence-corrected chi connectivity index (χ1v) is 8.66. The molecule has 1 amide bonds. The van der Waals surface area contributed by atoms with E-state index in [9.17, 15) is 14.7 Å². The van der Waals surface area contributed by atoms with Gasteiger partial charge in [-0.15, -0.1) is 0 Å². The van der Waals surface area contributed by atoms with Crippen LogP contribution in [0.1, 0.15) is 38.5 Å². The first kappa shape index (κ1) is 15.6. The van der Waals surface area contributed by atoms with Crippen molar-refractivity contribution in [2.75, 3.05) is 24.6 Å². The van der Waals surface area contributed by atoms with Gasteiger partial charge in [0.1, 0.15) is 6.04 Å². The van der Waals surface area contributed by atoms with E-state index in [0.717, 1.165) is 25.1 Å². The molecule has 2 aliphatic rings. The van der Waals surface area contributed by atoms with E-state index in [-0.39, 0.29) is 5.91 Å². The van der Waals surface area contributed by atoms with Gasteiger partial charge in [-0.3, -0.25) is 14.5 Å². The summed E-state index contributed by atoms with van der Waals surface area (Å²) in [5.41, 5.74) is 0. The number of carbonyl (C=O) groups excluding carboxylic acids is 1. The second-order valence-electron chi connectivity index (χ2n) is 5.62. The molecule has 2 N–H and O–H groups in total. The summed E-state index contributed by atoms with van der Waals surface area (Å²) >= 11 is 1.67. The van der Waals surface area contributed by atoms with Crippen LogP contribution in [0.2, 0.25) is 0 Å². The smallest absolute Gasteiger partial charge is 0.321 e. The molecule has 20 heavy (non-hydrogen) atoms. The summed E-state index contributed by atoms with van der Waals surface area (Å²) < 4.78 is 0. The maximum absolute atomic E-state index is 11.9. The molecule has 1 saturated heterocycles. The Labute approximate surface area is 124 Å².